The Morgan fingerprint density at radius 3 is 2.37 bits per heavy atom. The third kappa shape index (κ3) is 10.4. The number of nitrogens with zero attached hydrogens (tertiary/aromatic N) is 2. The van der Waals surface area contributed by atoms with Gasteiger partial charge < -0.3 is 28.7 Å². The summed E-state index contributed by atoms with van der Waals surface area (Å²) in [6.45, 7) is 8.38. The maximum absolute atomic E-state index is 12.0. The Labute approximate surface area is 179 Å². The van der Waals surface area contributed by atoms with Crippen LogP contribution in [0.1, 0.15) is 19.8 Å². The Balaban J connectivity index is 2.38. The molecule has 1 rings (SSSR count). The number of allylic oxidation sites excluding steroid dienone is 1. The summed E-state index contributed by atoms with van der Waals surface area (Å²) in [5, 5.41) is 0. The van der Waals surface area contributed by atoms with Gasteiger partial charge in [-0.1, -0.05) is 12.8 Å². The highest BCUT2D eigenvalue weighted by atomic mass is 16.5. The lowest BCUT2D eigenvalue weighted by atomic mass is 10.2. The van der Waals surface area contributed by atoms with Crippen LogP contribution >= 0.6 is 0 Å². The molecule has 8 heteroatoms. The van der Waals surface area contributed by atoms with Crippen LogP contribution in [0.25, 0.3) is 0 Å². The Morgan fingerprint density at radius 2 is 1.70 bits per heavy atom. The fourth-order valence-corrected chi connectivity index (χ4v) is 2.93. The first-order valence-corrected chi connectivity index (χ1v) is 10.1. The van der Waals surface area contributed by atoms with Gasteiger partial charge in [0.2, 0.25) is 5.78 Å². The summed E-state index contributed by atoms with van der Waals surface area (Å²) >= 11 is 0. The minimum absolute atomic E-state index is 0.0868. The van der Waals surface area contributed by atoms with Gasteiger partial charge in [0, 0.05) is 32.1 Å². The van der Waals surface area contributed by atoms with Gasteiger partial charge in [-0.3, -0.25) is 4.79 Å². The fraction of sp³-hybridized carbons (Fsp3) is 0.636. The smallest absolute Gasteiger partial charge is 0.330 e. The van der Waals surface area contributed by atoms with E-state index in [1.54, 1.807) is 0 Å². The summed E-state index contributed by atoms with van der Waals surface area (Å²) in [6, 6.07) is 0. The summed E-state index contributed by atoms with van der Waals surface area (Å²) in [7, 11) is 4.22. The number of likely N-dealkylation sites (N-methyl/N-ethyl adjacent to an activating group) is 1. The van der Waals surface area contributed by atoms with Crippen molar-refractivity contribution in [1.29, 1.82) is 0 Å². The molecule has 8 nitrogen and oxygen atoms in total. The lowest BCUT2D eigenvalue weighted by Crippen LogP contribution is -2.31. The summed E-state index contributed by atoms with van der Waals surface area (Å²) in [5.41, 5.74) is 0. The molecule has 0 atom stereocenters. The lowest BCUT2D eigenvalue weighted by molar-refractivity contribution is -0.134. The predicted octanol–water partition coefficient (Wildman–Crippen LogP) is 1.23. The maximum Gasteiger partial charge on any atom is 0.330 e. The van der Waals surface area contributed by atoms with Crippen LogP contribution in [0.15, 0.2) is 23.7 Å². The number of hydrogen-bond donors (Lipinski definition) is 0. The molecule has 0 saturated carbocycles. The second kappa shape index (κ2) is 15.5. The zero-order valence-corrected chi connectivity index (χ0v) is 18.6. The van der Waals surface area contributed by atoms with E-state index in [1.165, 1.54) is 33.5 Å². The zero-order valence-electron chi connectivity index (χ0n) is 18.6. The van der Waals surface area contributed by atoms with E-state index >= 15 is 0 Å². The molecule has 0 aromatic rings. The molecule has 0 N–H and O–H groups in total. The van der Waals surface area contributed by atoms with Gasteiger partial charge in [0.25, 0.3) is 0 Å². The number of methoxy groups -OCH3 is 3. The monoisotopic (exact) mass is 422 g/mol. The number of rotatable bonds is 11. The van der Waals surface area contributed by atoms with Crippen LogP contribution in [0.2, 0.25) is 0 Å². The predicted molar refractivity (Wildman–Crippen MR) is 114 cm³/mol. The number of ether oxygens (including phenoxy) is 4. The van der Waals surface area contributed by atoms with E-state index in [1.807, 2.05) is 0 Å². The topological polar surface area (TPSA) is 77.5 Å². The Hall–Kier alpha value is -2.34. The molecular weight excluding hydrogens is 388 g/mol. The molecule has 1 heterocycles. The van der Waals surface area contributed by atoms with Gasteiger partial charge >= 0.3 is 5.97 Å². The summed E-state index contributed by atoms with van der Waals surface area (Å²) in [5.74, 6) is 5.51. The van der Waals surface area contributed by atoms with Gasteiger partial charge in [-0.15, -0.1) is 0 Å². The van der Waals surface area contributed by atoms with E-state index in [4.69, 9.17) is 14.2 Å². The van der Waals surface area contributed by atoms with E-state index in [9.17, 15) is 9.59 Å². The second-order valence-corrected chi connectivity index (χ2v) is 6.65. The van der Waals surface area contributed by atoms with E-state index in [-0.39, 0.29) is 19.0 Å². The molecule has 0 aromatic carbocycles. The van der Waals surface area contributed by atoms with Crippen molar-refractivity contribution in [3.63, 3.8) is 0 Å². The molecule has 0 amide bonds. The standard InChI is InChI=1S/C22H34N2O6/c1-5-23-12-7-13-24(16-15-23)14-11-19(25)8-6-17-30-18-21(28-3)20(27-2)9-10-22(26)29-4/h9-10H,5,7,11-18H2,1-4H3/b10-9+,21-20-. The van der Waals surface area contributed by atoms with Crippen LogP contribution in [0.3, 0.4) is 0 Å². The SMILES string of the molecule is CCN1CCCN(CCC(=O)C#CCOC/C(OC)=C(\C=C\C(=O)OC)OC)CC1. The Bertz CT molecular complexity index is 662. The number of carbonyl (C=O) groups excluding carboxylic acids is 2. The van der Waals surface area contributed by atoms with E-state index in [0.717, 1.165) is 45.7 Å². The third-order valence-corrected chi connectivity index (χ3v) is 4.73. The Morgan fingerprint density at radius 1 is 0.967 bits per heavy atom. The minimum atomic E-state index is -0.506. The third-order valence-electron chi connectivity index (χ3n) is 4.73. The zero-order chi connectivity index (χ0) is 22.2. The van der Waals surface area contributed by atoms with Crippen molar-refractivity contribution < 1.29 is 28.5 Å². The minimum Gasteiger partial charge on any atom is -0.495 e. The highest BCUT2D eigenvalue weighted by Gasteiger charge is 2.14. The van der Waals surface area contributed by atoms with Crippen molar-refractivity contribution in [3.8, 4) is 11.8 Å². The quantitative estimate of drug-likeness (QED) is 0.0936. The summed E-state index contributed by atoms with van der Waals surface area (Å²) in [6.07, 6.45) is 4.22. The van der Waals surface area contributed by atoms with Crippen LogP contribution in [0.5, 0.6) is 0 Å². The van der Waals surface area contributed by atoms with Crippen molar-refractivity contribution in [2.24, 2.45) is 0 Å². The number of Topliss-reactive ketones (excluding diaryl/α,β-unsaturated/α-hetero) is 1. The maximum atomic E-state index is 12.0. The van der Waals surface area contributed by atoms with E-state index in [2.05, 4.69) is 33.3 Å². The van der Waals surface area contributed by atoms with Crippen molar-refractivity contribution in [3.05, 3.63) is 23.7 Å². The van der Waals surface area contributed by atoms with E-state index in [0.29, 0.717) is 17.9 Å². The molecule has 0 bridgehead atoms. The van der Waals surface area contributed by atoms with Gasteiger partial charge in [0.05, 0.1) is 21.3 Å². The van der Waals surface area contributed by atoms with Gasteiger partial charge in [-0.2, -0.15) is 0 Å². The van der Waals surface area contributed by atoms with Crippen LogP contribution in [0.4, 0.5) is 0 Å². The first kappa shape index (κ1) is 25.7. The van der Waals surface area contributed by atoms with Gasteiger partial charge in [0.1, 0.15) is 13.2 Å². The van der Waals surface area contributed by atoms with Gasteiger partial charge in [-0.25, -0.2) is 4.79 Å². The lowest BCUT2D eigenvalue weighted by Gasteiger charge is -2.19. The fourth-order valence-electron chi connectivity index (χ4n) is 2.93. The molecule has 0 aromatic heterocycles. The van der Waals surface area contributed by atoms with Crippen LogP contribution in [0, 0.1) is 11.8 Å². The summed E-state index contributed by atoms with van der Waals surface area (Å²) < 4.78 is 20.4. The average molecular weight is 423 g/mol. The molecule has 1 aliphatic rings. The molecular formula is C22H34N2O6. The summed E-state index contributed by atoms with van der Waals surface area (Å²) in [4.78, 5) is 28.0. The number of ketones is 1. The molecule has 1 aliphatic heterocycles. The number of carbonyl (C=O) groups is 2. The molecule has 1 saturated heterocycles. The van der Waals surface area contributed by atoms with Crippen LogP contribution < -0.4 is 0 Å². The molecule has 1 fully saturated rings. The van der Waals surface area contributed by atoms with Crippen molar-refractivity contribution in [1.82, 2.24) is 9.80 Å². The van der Waals surface area contributed by atoms with Crippen LogP contribution in [-0.4, -0.2) is 95.4 Å². The van der Waals surface area contributed by atoms with Gasteiger partial charge in [-0.05, 0) is 38.1 Å². The molecule has 168 valence electrons. The highest BCUT2D eigenvalue weighted by molar-refractivity contribution is 5.95. The van der Waals surface area contributed by atoms with Crippen molar-refractivity contribution in [2.75, 3.05) is 73.8 Å². The largest absolute Gasteiger partial charge is 0.495 e. The molecule has 0 aliphatic carbocycles. The van der Waals surface area contributed by atoms with E-state index < -0.39 is 5.97 Å². The Kier molecular flexibility index (Phi) is 13.3. The first-order chi connectivity index (χ1) is 14.5. The van der Waals surface area contributed by atoms with Gasteiger partial charge in [0.15, 0.2) is 11.5 Å². The molecule has 0 spiro atoms. The van der Waals surface area contributed by atoms with Crippen LogP contribution in [-0.2, 0) is 28.5 Å². The second-order valence-electron chi connectivity index (χ2n) is 6.65. The van der Waals surface area contributed by atoms with Crippen molar-refractivity contribution in [2.45, 2.75) is 19.8 Å². The average Bonchev–Trinajstić information content (AvgIpc) is 3.01. The normalized spacial score (nSPS) is 16.3. The highest BCUT2D eigenvalue weighted by Crippen LogP contribution is 2.09. The van der Waals surface area contributed by atoms with Crippen molar-refractivity contribution >= 4 is 11.8 Å². The first-order valence-electron chi connectivity index (χ1n) is 10.1. The molecule has 30 heavy (non-hydrogen) atoms. The number of esters is 1. The molecule has 0 radical (unpaired) electrons. The molecule has 0 unspecified atom stereocenters. The number of hydrogen-bond acceptors (Lipinski definition) is 8.